The van der Waals surface area contributed by atoms with E-state index in [4.69, 9.17) is 0 Å². The highest BCUT2D eigenvalue weighted by Gasteiger charge is 2.26. The van der Waals surface area contributed by atoms with Gasteiger partial charge in [-0.05, 0) is 64.4 Å². The average Bonchev–Trinajstić information content (AvgIpc) is 2.90. The molecule has 1 saturated heterocycles. The number of benzene rings is 1. The normalized spacial score (nSPS) is 19.4. The third-order valence-electron chi connectivity index (χ3n) is 4.46. The number of likely N-dealkylation sites (N-methyl/N-ethyl adjacent to an activating group) is 2. The van der Waals surface area contributed by atoms with Gasteiger partial charge in [-0.1, -0.05) is 12.1 Å². The standard InChI is InChI=1S/C18H28N2O2/c1-18(2,22)11-9-14-5-7-15(8-6-14)17(21)20(4)16-10-12-19(3)13-16/h5-8,16,22H,9-13H2,1-4H3/t16-/m0/s1. The highest BCUT2D eigenvalue weighted by atomic mass is 16.3. The molecule has 4 heteroatoms. The molecule has 1 fully saturated rings. The van der Waals surface area contributed by atoms with Gasteiger partial charge in [-0.15, -0.1) is 0 Å². The van der Waals surface area contributed by atoms with Gasteiger partial charge >= 0.3 is 0 Å². The molecule has 0 aromatic heterocycles. The third kappa shape index (κ3) is 4.55. The van der Waals surface area contributed by atoms with Crippen molar-refractivity contribution in [2.24, 2.45) is 0 Å². The van der Waals surface area contributed by atoms with Crippen LogP contribution in [0, 0.1) is 0 Å². The van der Waals surface area contributed by atoms with E-state index in [9.17, 15) is 9.90 Å². The quantitative estimate of drug-likeness (QED) is 0.906. The van der Waals surface area contributed by atoms with Crippen molar-refractivity contribution in [3.8, 4) is 0 Å². The van der Waals surface area contributed by atoms with Crippen LogP contribution in [0.25, 0.3) is 0 Å². The largest absolute Gasteiger partial charge is 0.390 e. The highest BCUT2D eigenvalue weighted by Crippen LogP contribution is 2.17. The Bertz CT molecular complexity index is 505. The number of likely N-dealkylation sites (tertiary alicyclic amines) is 1. The second-order valence-corrected chi connectivity index (χ2v) is 7.13. The van der Waals surface area contributed by atoms with Crippen molar-refractivity contribution in [1.82, 2.24) is 9.80 Å². The van der Waals surface area contributed by atoms with E-state index in [0.717, 1.165) is 37.1 Å². The molecule has 1 N–H and O–H groups in total. The van der Waals surface area contributed by atoms with Crippen LogP contribution in [0.2, 0.25) is 0 Å². The van der Waals surface area contributed by atoms with Crippen molar-refractivity contribution in [2.75, 3.05) is 27.2 Å². The topological polar surface area (TPSA) is 43.8 Å². The molecule has 1 aliphatic rings. The van der Waals surface area contributed by atoms with Gasteiger partial charge in [0.05, 0.1) is 5.60 Å². The lowest BCUT2D eigenvalue weighted by Crippen LogP contribution is -2.38. The fourth-order valence-corrected chi connectivity index (χ4v) is 2.86. The fraction of sp³-hybridized carbons (Fsp3) is 0.611. The van der Waals surface area contributed by atoms with E-state index < -0.39 is 5.60 Å². The molecule has 1 aliphatic heterocycles. The van der Waals surface area contributed by atoms with Crippen molar-refractivity contribution in [1.29, 1.82) is 0 Å². The number of aliphatic hydroxyl groups is 1. The maximum absolute atomic E-state index is 12.5. The number of hydrogen-bond donors (Lipinski definition) is 1. The summed E-state index contributed by atoms with van der Waals surface area (Å²) in [6, 6.07) is 8.10. The summed E-state index contributed by atoms with van der Waals surface area (Å²) in [4.78, 5) is 16.7. The Hall–Kier alpha value is -1.39. The minimum absolute atomic E-state index is 0.0920. The van der Waals surface area contributed by atoms with Crippen molar-refractivity contribution < 1.29 is 9.90 Å². The molecule has 1 heterocycles. The van der Waals surface area contributed by atoms with Gasteiger partial charge in [0.25, 0.3) is 5.91 Å². The van der Waals surface area contributed by atoms with Gasteiger partial charge in [-0.2, -0.15) is 0 Å². The van der Waals surface area contributed by atoms with Gasteiger partial charge in [0, 0.05) is 25.2 Å². The molecule has 0 bridgehead atoms. The van der Waals surface area contributed by atoms with Gasteiger partial charge in [0.15, 0.2) is 0 Å². The Balaban J connectivity index is 1.96. The summed E-state index contributed by atoms with van der Waals surface area (Å²) in [5.41, 5.74) is 1.24. The predicted octanol–water partition coefficient (Wildman–Crippen LogP) is 2.17. The van der Waals surface area contributed by atoms with Crippen LogP contribution in [0.4, 0.5) is 0 Å². The van der Waals surface area contributed by atoms with Crippen LogP contribution in [-0.2, 0) is 6.42 Å². The lowest BCUT2D eigenvalue weighted by Gasteiger charge is -2.24. The molecule has 0 saturated carbocycles. The number of amides is 1. The molecule has 0 unspecified atom stereocenters. The van der Waals surface area contributed by atoms with E-state index in [1.54, 1.807) is 0 Å². The molecule has 2 rings (SSSR count). The first kappa shape index (κ1) is 17.0. The minimum Gasteiger partial charge on any atom is -0.390 e. The fourth-order valence-electron chi connectivity index (χ4n) is 2.86. The van der Waals surface area contributed by atoms with Crippen molar-refractivity contribution in [3.63, 3.8) is 0 Å². The zero-order chi connectivity index (χ0) is 16.3. The molecular formula is C18H28N2O2. The molecule has 22 heavy (non-hydrogen) atoms. The van der Waals surface area contributed by atoms with Crippen LogP contribution in [0.3, 0.4) is 0 Å². The summed E-state index contributed by atoms with van der Waals surface area (Å²) in [6.45, 7) is 5.64. The number of aryl methyl sites for hydroxylation is 1. The monoisotopic (exact) mass is 304 g/mol. The van der Waals surface area contributed by atoms with Gasteiger partial charge in [0.2, 0.25) is 0 Å². The second kappa shape index (κ2) is 6.80. The summed E-state index contributed by atoms with van der Waals surface area (Å²) in [5.74, 6) is 0.0920. The number of carbonyl (C=O) groups is 1. The minimum atomic E-state index is -0.650. The number of hydrogen-bond acceptors (Lipinski definition) is 3. The summed E-state index contributed by atoms with van der Waals surface area (Å²) in [7, 11) is 3.99. The van der Waals surface area contributed by atoms with Gasteiger partial charge in [-0.25, -0.2) is 0 Å². The third-order valence-corrected chi connectivity index (χ3v) is 4.46. The van der Waals surface area contributed by atoms with Gasteiger partial charge < -0.3 is 14.9 Å². The summed E-state index contributed by atoms with van der Waals surface area (Å²) in [5, 5.41) is 9.77. The summed E-state index contributed by atoms with van der Waals surface area (Å²) < 4.78 is 0. The first-order valence-corrected chi connectivity index (χ1v) is 8.03. The number of nitrogens with zero attached hydrogens (tertiary/aromatic N) is 2. The smallest absolute Gasteiger partial charge is 0.253 e. The van der Waals surface area contributed by atoms with E-state index in [1.165, 1.54) is 0 Å². The lowest BCUT2D eigenvalue weighted by molar-refractivity contribution is 0.0710. The SMILES string of the molecule is CN1CC[C@H](N(C)C(=O)c2ccc(CCC(C)(C)O)cc2)C1. The summed E-state index contributed by atoms with van der Waals surface area (Å²) in [6.07, 6.45) is 2.58. The van der Waals surface area contributed by atoms with Gasteiger partial charge in [-0.3, -0.25) is 4.79 Å². The number of carbonyl (C=O) groups excluding carboxylic acids is 1. The maximum Gasteiger partial charge on any atom is 0.253 e. The van der Waals surface area contributed by atoms with Crippen LogP contribution < -0.4 is 0 Å². The lowest BCUT2D eigenvalue weighted by atomic mass is 9.98. The van der Waals surface area contributed by atoms with E-state index in [-0.39, 0.29) is 5.91 Å². The van der Waals surface area contributed by atoms with Crippen LogP contribution in [-0.4, -0.2) is 59.6 Å². The van der Waals surface area contributed by atoms with E-state index >= 15 is 0 Å². The second-order valence-electron chi connectivity index (χ2n) is 7.13. The Morgan fingerprint density at radius 2 is 2.00 bits per heavy atom. The molecule has 1 aromatic carbocycles. The number of rotatable bonds is 5. The van der Waals surface area contributed by atoms with E-state index in [1.807, 2.05) is 50.1 Å². The van der Waals surface area contributed by atoms with Crippen molar-refractivity contribution in [3.05, 3.63) is 35.4 Å². The Kier molecular flexibility index (Phi) is 5.24. The van der Waals surface area contributed by atoms with E-state index in [0.29, 0.717) is 12.5 Å². The predicted molar refractivity (Wildman–Crippen MR) is 89.1 cm³/mol. The molecule has 0 spiro atoms. The van der Waals surface area contributed by atoms with Crippen molar-refractivity contribution >= 4 is 5.91 Å². The molecule has 1 atom stereocenters. The first-order chi connectivity index (χ1) is 10.3. The molecule has 122 valence electrons. The molecular weight excluding hydrogens is 276 g/mol. The Morgan fingerprint density at radius 1 is 1.36 bits per heavy atom. The van der Waals surface area contributed by atoms with Crippen LogP contribution in [0.5, 0.6) is 0 Å². The molecule has 1 amide bonds. The van der Waals surface area contributed by atoms with Crippen LogP contribution in [0.1, 0.15) is 42.6 Å². The summed E-state index contributed by atoms with van der Waals surface area (Å²) >= 11 is 0. The van der Waals surface area contributed by atoms with Crippen LogP contribution >= 0.6 is 0 Å². The maximum atomic E-state index is 12.5. The molecule has 1 aromatic rings. The molecule has 0 aliphatic carbocycles. The van der Waals surface area contributed by atoms with Crippen molar-refractivity contribution in [2.45, 2.75) is 44.8 Å². The average molecular weight is 304 g/mol. The van der Waals surface area contributed by atoms with E-state index in [2.05, 4.69) is 11.9 Å². The Labute approximate surface area is 133 Å². The van der Waals surface area contributed by atoms with Crippen LogP contribution in [0.15, 0.2) is 24.3 Å². The highest BCUT2D eigenvalue weighted by molar-refractivity contribution is 5.94. The zero-order valence-electron chi connectivity index (χ0n) is 14.2. The first-order valence-electron chi connectivity index (χ1n) is 8.03. The molecule has 0 radical (unpaired) electrons. The molecule has 4 nitrogen and oxygen atoms in total. The zero-order valence-corrected chi connectivity index (χ0v) is 14.2. The van der Waals surface area contributed by atoms with Gasteiger partial charge in [0.1, 0.15) is 0 Å². The Morgan fingerprint density at radius 3 is 2.50 bits per heavy atom.